The molecule has 0 spiro atoms. The maximum atomic E-state index is 12.1. The average molecular weight is 376 g/mol. The van der Waals surface area contributed by atoms with Gasteiger partial charge in [-0.15, -0.1) is 0 Å². The Morgan fingerprint density at radius 2 is 1.94 bits per heavy atom. The van der Waals surface area contributed by atoms with Crippen LogP contribution >= 0.6 is 22.6 Å². The molecule has 9 heteroatoms. The van der Waals surface area contributed by atoms with Crippen molar-refractivity contribution in [2.75, 3.05) is 4.72 Å². The lowest BCUT2D eigenvalue weighted by atomic mass is 10.2. The first-order valence-corrected chi connectivity index (χ1v) is 6.52. The molecule has 0 aliphatic rings. The summed E-state index contributed by atoms with van der Waals surface area (Å²) in [7, 11) is -5.50. The highest BCUT2D eigenvalue weighted by atomic mass is 127. The van der Waals surface area contributed by atoms with Crippen LogP contribution in [0.1, 0.15) is 5.56 Å². The Balaban J connectivity index is 3.19. The van der Waals surface area contributed by atoms with E-state index in [1.165, 1.54) is 16.9 Å². The van der Waals surface area contributed by atoms with E-state index in [1.807, 2.05) is 22.6 Å². The van der Waals surface area contributed by atoms with Gasteiger partial charge in [0, 0.05) is 3.57 Å². The van der Waals surface area contributed by atoms with Crippen LogP contribution in [0.3, 0.4) is 0 Å². The van der Waals surface area contributed by atoms with Crippen LogP contribution in [0, 0.1) is 14.9 Å². The predicted octanol–water partition coefficient (Wildman–Crippen LogP) is 2.42. The fourth-order valence-electron chi connectivity index (χ4n) is 0.901. The fraction of sp³-hybridized carbons (Fsp3) is 0.125. The van der Waals surface area contributed by atoms with Gasteiger partial charge in [0.05, 0.1) is 11.3 Å². The van der Waals surface area contributed by atoms with Gasteiger partial charge in [-0.1, -0.05) is 0 Å². The molecule has 1 aromatic rings. The number of anilines is 1. The molecule has 0 aliphatic carbocycles. The molecule has 0 atom stereocenters. The van der Waals surface area contributed by atoms with E-state index in [0.29, 0.717) is 3.57 Å². The summed E-state index contributed by atoms with van der Waals surface area (Å²) in [6, 6.07) is 5.37. The highest BCUT2D eigenvalue weighted by molar-refractivity contribution is 14.1. The summed E-state index contributed by atoms with van der Waals surface area (Å²) in [5.41, 5.74) is -5.99. The van der Waals surface area contributed by atoms with E-state index in [-0.39, 0.29) is 5.56 Å². The van der Waals surface area contributed by atoms with Crippen molar-refractivity contribution in [2.45, 2.75) is 5.51 Å². The second-order valence-corrected chi connectivity index (χ2v) is 5.77. The Hall–Kier alpha value is -1.02. The first-order chi connectivity index (χ1) is 7.67. The van der Waals surface area contributed by atoms with Gasteiger partial charge >= 0.3 is 15.5 Å². The number of hydrogen-bond donors (Lipinski definition) is 1. The molecule has 1 N–H and O–H groups in total. The van der Waals surface area contributed by atoms with Gasteiger partial charge in [-0.2, -0.15) is 26.9 Å². The van der Waals surface area contributed by atoms with Gasteiger partial charge in [0.2, 0.25) is 0 Å². The predicted molar refractivity (Wildman–Crippen MR) is 62.5 cm³/mol. The number of benzene rings is 1. The Labute approximate surface area is 109 Å². The fourth-order valence-corrected chi connectivity index (χ4v) is 1.98. The molecule has 92 valence electrons. The van der Waals surface area contributed by atoms with E-state index in [1.54, 1.807) is 6.07 Å². The minimum absolute atomic E-state index is 0.176. The van der Waals surface area contributed by atoms with Gasteiger partial charge in [0.1, 0.15) is 6.07 Å². The third-order valence-electron chi connectivity index (χ3n) is 1.65. The number of halogens is 4. The molecule has 4 nitrogen and oxygen atoms in total. The van der Waals surface area contributed by atoms with Crippen LogP contribution < -0.4 is 4.72 Å². The lowest BCUT2D eigenvalue weighted by Gasteiger charge is -2.11. The smallest absolute Gasteiger partial charge is 0.275 e. The maximum Gasteiger partial charge on any atom is 0.516 e. The molecule has 0 heterocycles. The lowest BCUT2D eigenvalue weighted by Crippen LogP contribution is -2.30. The van der Waals surface area contributed by atoms with E-state index in [9.17, 15) is 21.6 Å². The first-order valence-electron chi connectivity index (χ1n) is 3.96. The standard InChI is InChI=1S/C8H4F3IN2O2S/c9-8(10,11)17(15,16)14-7-2-1-6(12)3-5(7)4-13/h1-3,14H. The normalized spacial score (nSPS) is 11.9. The monoisotopic (exact) mass is 376 g/mol. The molecule has 0 aromatic heterocycles. The Morgan fingerprint density at radius 1 is 1.35 bits per heavy atom. The summed E-state index contributed by atoms with van der Waals surface area (Å²) >= 11 is 1.85. The van der Waals surface area contributed by atoms with E-state index in [4.69, 9.17) is 5.26 Å². The number of hydrogen-bond acceptors (Lipinski definition) is 3. The largest absolute Gasteiger partial charge is 0.516 e. The van der Waals surface area contributed by atoms with E-state index >= 15 is 0 Å². The first kappa shape index (κ1) is 14.0. The van der Waals surface area contributed by atoms with Crippen LogP contribution in [0.4, 0.5) is 18.9 Å². The maximum absolute atomic E-state index is 12.1. The van der Waals surface area contributed by atoms with E-state index in [2.05, 4.69) is 0 Å². The number of nitrogens with zero attached hydrogens (tertiary/aromatic N) is 1. The van der Waals surface area contributed by atoms with Crippen molar-refractivity contribution < 1.29 is 21.6 Å². The second kappa shape index (κ2) is 4.69. The van der Waals surface area contributed by atoms with Crippen molar-refractivity contribution in [2.24, 2.45) is 0 Å². The topological polar surface area (TPSA) is 70.0 Å². The zero-order chi connectivity index (χ0) is 13.3. The number of nitriles is 1. The van der Waals surface area contributed by atoms with Crippen molar-refractivity contribution in [3.05, 3.63) is 27.3 Å². The van der Waals surface area contributed by atoms with Gasteiger partial charge in [0.25, 0.3) is 0 Å². The van der Waals surface area contributed by atoms with Crippen LogP contribution in [0.15, 0.2) is 18.2 Å². The number of alkyl halides is 3. The van der Waals surface area contributed by atoms with Crippen LogP contribution in [0.5, 0.6) is 0 Å². The molecule has 0 unspecified atom stereocenters. The summed E-state index contributed by atoms with van der Waals surface area (Å²) in [6.45, 7) is 0. The SMILES string of the molecule is N#Cc1cc(I)ccc1NS(=O)(=O)C(F)(F)F. The van der Waals surface area contributed by atoms with Gasteiger partial charge in [0.15, 0.2) is 0 Å². The second-order valence-electron chi connectivity index (χ2n) is 2.85. The molecule has 0 amide bonds. The summed E-state index contributed by atoms with van der Waals surface area (Å²) in [5, 5.41) is 8.67. The molecular formula is C8H4F3IN2O2S. The molecule has 0 fully saturated rings. The summed E-state index contributed by atoms with van der Waals surface area (Å²) < 4.78 is 59.9. The van der Waals surface area contributed by atoms with Gasteiger partial charge in [-0.25, -0.2) is 0 Å². The average Bonchev–Trinajstić information content (AvgIpc) is 2.18. The Kier molecular flexibility index (Phi) is 3.88. The Bertz CT molecular complexity index is 577. The molecule has 1 rings (SSSR count). The number of nitrogens with one attached hydrogen (secondary N) is 1. The van der Waals surface area contributed by atoms with E-state index in [0.717, 1.165) is 6.07 Å². The highest BCUT2D eigenvalue weighted by Crippen LogP contribution is 2.27. The van der Waals surface area contributed by atoms with Crippen molar-refractivity contribution in [3.63, 3.8) is 0 Å². The van der Waals surface area contributed by atoms with Crippen molar-refractivity contribution >= 4 is 38.3 Å². The minimum atomic E-state index is -5.50. The van der Waals surface area contributed by atoms with Crippen molar-refractivity contribution in [1.82, 2.24) is 0 Å². The zero-order valence-electron chi connectivity index (χ0n) is 7.92. The van der Waals surface area contributed by atoms with Crippen LogP contribution in [0.2, 0.25) is 0 Å². The Morgan fingerprint density at radius 3 is 2.41 bits per heavy atom. The molecule has 1 aromatic carbocycles. The molecule has 0 radical (unpaired) electrons. The zero-order valence-corrected chi connectivity index (χ0v) is 10.9. The minimum Gasteiger partial charge on any atom is -0.275 e. The third-order valence-corrected chi connectivity index (χ3v) is 3.42. The van der Waals surface area contributed by atoms with Crippen LogP contribution in [0.25, 0.3) is 0 Å². The van der Waals surface area contributed by atoms with Crippen LogP contribution in [-0.2, 0) is 10.0 Å². The number of sulfonamides is 1. The summed E-state index contributed by atoms with van der Waals surface area (Å²) in [4.78, 5) is 0. The lowest BCUT2D eigenvalue weighted by molar-refractivity contribution is -0.0429. The third kappa shape index (κ3) is 3.22. The molecule has 0 bridgehead atoms. The number of rotatable bonds is 2. The van der Waals surface area contributed by atoms with Gasteiger partial charge in [-0.05, 0) is 40.8 Å². The molecular weight excluding hydrogens is 372 g/mol. The molecule has 17 heavy (non-hydrogen) atoms. The highest BCUT2D eigenvalue weighted by Gasteiger charge is 2.46. The quantitative estimate of drug-likeness (QED) is 0.807. The van der Waals surface area contributed by atoms with Crippen molar-refractivity contribution in [1.29, 1.82) is 5.26 Å². The van der Waals surface area contributed by atoms with Gasteiger partial charge < -0.3 is 0 Å². The molecule has 0 aliphatic heterocycles. The van der Waals surface area contributed by atoms with Crippen LogP contribution in [-0.4, -0.2) is 13.9 Å². The summed E-state index contributed by atoms with van der Waals surface area (Å²) in [5.74, 6) is 0. The van der Waals surface area contributed by atoms with Crippen molar-refractivity contribution in [3.8, 4) is 6.07 Å². The van der Waals surface area contributed by atoms with E-state index < -0.39 is 21.2 Å². The summed E-state index contributed by atoms with van der Waals surface area (Å²) in [6.07, 6.45) is 0. The molecule has 0 saturated carbocycles. The molecule has 0 saturated heterocycles. The van der Waals surface area contributed by atoms with Gasteiger partial charge in [-0.3, -0.25) is 4.72 Å².